The molecule has 3 aromatic rings. The average Bonchev–Trinajstić information content (AvgIpc) is 2.69. The number of esters is 1. The van der Waals surface area contributed by atoms with E-state index in [4.69, 9.17) is 10.5 Å². The molecule has 0 saturated heterocycles. The van der Waals surface area contributed by atoms with Gasteiger partial charge in [-0.15, -0.1) is 11.8 Å². The lowest BCUT2D eigenvalue weighted by Crippen LogP contribution is -2.18. The molecule has 0 spiro atoms. The first-order valence-electron chi connectivity index (χ1n) is 9.13. The molecule has 2 aromatic carbocycles. The average molecular weight is 410 g/mol. The van der Waals surface area contributed by atoms with Crippen LogP contribution >= 0.6 is 11.8 Å². The van der Waals surface area contributed by atoms with Crippen molar-refractivity contribution >= 4 is 35.3 Å². The summed E-state index contributed by atoms with van der Waals surface area (Å²) in [5.74, 6) is 0.299. The summed E-state index contributed by atoms with van der Waals surface area (Å²) in [5, 5.41) is 2.71. The first kappa shape index (κ1) is 20.6. The highest BCUT2D eigenvalue weighted by atomic mass is 32.2. The number of ether oxygens (including phenoxy) is 1. The lowest BCUT2D eigenvalue weighted by molar-refractivity contribution is -0.144. The molecular weight excluding hydrogens is 386 g/mol. The lowest BCUT2D eigenvalue weighted by Gasteiger charge is -2.12. The number of hydrogen-bond donors (Lipinski definition) is 2. The Morgan fingerprint density at radius 2 is 1.66 bits per heavy atom. The summed E-state index contributed by atoms with van der Waals surface area (Å²) in [6.45, 7) is 5.76. The van der Waals surface area contributed by atoms with Crippen molar-refractivity contribution in [3.63, 3.8) is 0 Å². The minimum atomic E-state index is -0.359. The van der Waals surface area contributed by atoms with Gasteiger partial charge in [0.05, 0.1) is 0 Å². The Labute approximate surface area is 174 Å². The molecule has 1 aromatic heterocycles. The number of carbonyl (C=O) groups excluding carboxylic acids is 1. The summed E-state index contributed by atoms with van der Waals surface area (Å²) in [7, 11) is 0. The number of carbonyl (C=O) groups is 1. The third-order valence-corrected chi connectivity index (χ3v) is 5.11. The molecule has 29 heavy (non-hydrogen) atoms. The Morgan fingerprint density at radius 3 is 2.31 bits per heavy atom. The molecule has 0 aliphatic carbocycles. The quantitative estimate of drug-likeness (QED) is 0.445. The smallest absolute Gasteiger partial charge is 0.319 e. The molecule has 1 atom stereocenters. The van der Waals surface area contributed by atoms with E-state index < -0.39 is 0 Å². The van der Waals surface area contributed by atoms with Gasteiger partial charge in [-0.3, -0.25) is 4.79 Å². The predicted molar refractivity (Wildman–Crippen MR) is 115 cm³/mol. The number of anilines is 3. The van der Waals surface area contributed by atoms with Crippen LogP contribution in [0.25, 0.3) is 0 Å². The van der Waals surface area contributed by atoms with Crippen LogP contribution in [0, 0.1) is 13.8 Å². The van der Waals surface area contributed by atoms with Gasteiger partial charge in [-0.1, -0.05) is 35.4 Å². The summed E-state index contributed by atoms with van der Waals surface area (Å²) in [4.78, 5) is 25.7. The number of aromatic nitrogens is 3. The lowest BCUT2D eigenvalue weighted by atomic mass is 10.2. The third kappa shape index (κ3) is 6.18. The van der Waals surface area contributed by atoms with E-state index in [1.807, 2.05) is 62.4 Å². The van der Waals surface area contributed by atoms with Gasteiger partial charge >= 0.3 is 5.97 Å². The SMILES string of the molecule is Cc1ccc(Nc2nc(N)nc(COC(=O)[C@H](C)Sc3ccc(C)cc3)n2)cc1. The summed E-state index contributed by atoms with van der Waals surface area (Å²) in [6.07, 6.45) is 0. The van der Waals surface area contributed by atoms with Crippen molar-refractivity contribution in [1.29, 1.82) is 0 Å². The van der Waals surface area contributed by atoms with Crippen LogP contribution in [0.1, 0.15) is 23.9 Å². The minimum Gasteiger partial charge on any atom is -0.457 e. The zero-order valence-electron chi connectivity index (χ0n) is 16.5. The van der Waals surface area contributed by atoms with Gasteiger partial charge in [-0.25, -0.2) is 0 Å². The van der Waals surface area contributed by atoms with Gasteiger partial charge < -0.3 is 15.8 Å². The first-order chi connectivity index (χ1) is 13.9. The van der Waals surface area contributed by atoms with Crippen molar-refractivity contribution in [2.75, 3.05) is 11.1 Å². The molecule has 3 N–H and O–H groups in total. The summed E-state index contributed by atoms with van der Waals surface area (Å²) in [6, 6.07) is 15.8. The second-order valence-corrected chi connectivity index (χ2v) is 8.02. The van der Waals surface area contributed by atoms with Crippen LogP contribution in [-0.2, 0) is 16.1 Å². The van der Waals surface area contributed by atoms with Gasteiger partial charge in [-0.2, -0.15) is 15.0 Å². The number of nitrogens with one attached hydrogen (secondary N) is 1. The van der Waals surface area contributed by atoms with Crippen LogP contribution < -0.4 is 11.1 Å². The van der Waals surface area contributed by atoms with Gasteiger partial charge in [0.2, 0.25) is 11.9 Å². The van der Waals surface area contributed by atoms with E-state index in [0.29, 0.717) is 5.95 Å². The molecule has 7 nitrogen and oxygen atoms in total. The summed E-state index contributed by atoms with van der Waals surface area (Å²) in [5.41, 5.74) is 8.92. The minimum absolute atomic E-state index is 0.0581. The Bertz CT molecular complexity index is 977. The van der Waals surface area contributed by atoms with Crippen LogP contribution in [0.2, 0.25) is 0 Å². The molecule has 0 saturated carbocycles. The predicted octanol–water partition coefficient (Wildman–Crippen LogP) is 4.04. The molecule has 3 rings (SSSR count). The maximum atomic E-state index is 12.3. The van der Waals surface area contributed by atoms with Crippen molar-refractivity contribution in [3.05, 3.63) is 65.5 Å². The molecule has 0 fully saturated rings. The third-order valence-electron chi connectivity index (χ3n) is 4.02. The van der Waals surface area contributed by atoms with Crippen LogP contribution in [0.4, 0.5) is 17.6 Å². The van der Waals surface area contributed by atoms with E-state index >= 15 is 0 Å². The Kier molecular flexibility index (Phi) is 6.66. The maximum absolute atomic E-state index is 12.3. The van der Waals surface area contributed by atoms with E-state index in [1.165, 1.54) is 17.3 Å². The molecule has 0 unspecified atom stereocenters. The first-order valence-corrected chi connectivity index (χ1v) is 10.0. The summed E-state index contributed by atoms with van der Waals surface area (Å²) < 4.78 is 5.37. The zero-order valence-corrected chi connectivity index (χ0v) is 17.4. The Balaban J connectivity index is 1.59. The molecule has 0 aliphatic heterocycles. The van der Waals surface area contributed by atoms with Crippen molar-refractivity contribution in [3.8, 4) is 0 Å². The Hall–Kier alpha value is -3.13. The van der Waals surface area contributed by atoms with Crippen molar-refractivity contribution < 1.29 is 9.53 Å². The van der Waals surface area contributed by atoms with E-state index in [-0.39, 0.29) is 29.6 Å². The fourth-order valence-electron chi connectivity index (χ4n) is 2.45. The van der Waals surface area contributed by atoms with E-state index in [0.717, 1.165) is 16.1 Å². The molecule has 8 heteroatoms. The van der Waals surface area contributed by atoms with Gasteiger partial charge in [0.1, 0.15) is 5.25 Å². The second kappa shape index (κ2) is 9.38. The molecular formula is C21H23N5O2S. The van der Waals surface area contributed by atoms with Gasteiger partial charge in [0.25, 0.3) is 0 Å². The number of nitrogen functional groups attached to an aromatic ring is 1. The molecule has 0 radical (unpaired) electrons. The number of rotatable bonds is 7. The van der Waals surface area contributed by atoms with E-state index in [1.54, 1.807) is 6.92 Å². The highest BCUT2D eigenvalue weighted by Gasteiger charge is 2.17. The number of thioether (sulfide) groups is 1. The fourth-order valence-corrected chi connectivity index (χ4v) is 3.31. The highest BCUT2D eigenvalue weighted by molar-refractivity contribution is 8.00. The van der Waals surface area contributed by atoms with Crippen LogP contribution in [0.5, 0.6) is 0 Å². The Morgan fingerprint density at radius 1 is 1.03 bits per heavy atom. The van der Waals surface area contributed by atoms with Crippen LogP contribution in [-0.4, -0.2) is 26.2 Å². The number of aryl methyl sites for hydroxylation is 2. The normalized spacial score (nSPS) is 11.7. The highest BCUT2D eigenvalue weighted by Crippen LogP contribution is 2.24. The number of nitrogens with zero attached hydrogens (tertiary/aromatic N) is 3. The standard InChI is InChI=1S/C21H23N5O2S/c1-13-4-8-16(9-5-13)23-21-25-18(24-20(22)26-21)12-28-19(27)15(3)29-17-10-6-14(2)7-11-17/h4-11,15H,12H2,1-3H3,(H3,22,23,24,25,26)/t15-/m0/s1. The van der Waals surface area contributed by atoms with Crippen molar-refractivity contribution in [2.24, 2.45) is 0 Å². The summed E-state index contributed by atoms with van der Waals surface area (Å²) >= 11 is 1.44. The second-order valence-electron chi connectivity index (χ2n) is 6.61. The molecule has 150 valence electrons. The van der Waals surface area contributed by atoms with Gasteiger partial charge in [0.15, 0.2) is 12.4 Å². The number of nitrogens with two attached hydrogens (primary N) is 1. The molecule has 1 heterocycles. The maximum Gasteiger partial charge on any atom is 0.319 e. The largest absolute Gasteiger partial charge is 0.457 e. The topological polar surface area (TPSA) is 103 Å². The monoisotopic (exact) mass is 409 g/mol. The van der Waals surface area contributed by atoms with Crippen LogP contribution in [0.3, 0.4) is 0 Å². The van der Waals surface area contributed by atoms with Crippen molar-refractivity contribution in [1.82, 2.24) is 15.0 Å². The van der Waals surface area contributed by atoms with E-state index in [2.05, 4.69) is 20.3 Å². The molecule has 0 amide bonds. The van der Waals surface area contributed by atoms with Gasteiger partial charge in [0, 0.05) is 10.6 Å². The molecule has 0 aliphatic rings. The van der Waals surface area contributed by atoms with Crippen molar-refractivity contribution in [2.45, 2.75) is 37.5 Å². The zero-order chi connectivity index (χ0) is 20.8. The van der Waals surface area contributed by atoms with Crippen LogP contribution in [0.15, 0.2) is 53.4 Å². The fraction of sp³-hybridized carbons (Fsp3) is 0.238. The van der Waals surface area contributed by atoms with Gasteiger partial charge in [-0.05, 0) is 45.0 Å². The molecule has 0 bridgehead atoms. The van der Waals surface area contributed by atoms with E-state index in [9.17, 15) is 4.79 Å². The number of benzene rings is 2. The number of hydrogen-bond acceptors (Lipinski definition) is 8.